The Balaban J connectivity index is 1.49. The van der Waals surface area contributed by atoms with Crippen LogP contribution in [0.3, 0.4) is 0 Å². The molecule has 1 N–H and O–H groups in total. The van der Waals surface area contributed by atoms with Gasteiger partial charge in [0.2, 0.25) is 0 Å². The first kappa shape index (κ1) is 20.1. The summed E-state index contributed by atoms with van der Waals surface area (Å²) in [6.45, 7) is 2.90. The van der Waals surface area contributed by atoms with E-state index in [1.807, 2.05) is 23.1 Å². The second-order valence-electron chi connectivity index (χ2n) is 7.37. The number of amides is 1. The lowest BCUT2D eigenvalue weighted by atomic mass is 10.1. The number of nitrogens with zero attached hydrogens (tertiary/aromatic N) is 6. The molecule has 5 rings (SSSR count). The summed E-state index contributed by atoms with van der Waals surface area (Å²) in [6, 6.07) is 9.03. The number of carbonyl (C=O) groups excluding carboxylic acids is 1. The smallest absolute Gasteiger partial charge is 0.281 e. The molecular weight excluding hydrogens is 416 g/mol. The first-order valence-electron chi connectivity index (χ1n) is 10.1. The molecule has 1 saturated heterocycles. The summed E-state index contributed by atoms with van der Waals surface area (Å²) in [5, 5.41) is 3.24. The Morgan fingerprint density at radius 3 is 2.72 bits per heavy atom. The second kappa shape index (κ2) is 8.39. The van der Waals surface area contributed by atoms with Gasteiger partial charge in [0.05, 0.1) is 18.1 Å². The fourth-order valence-electron chi connectivity index (χ4n) is 3.69. The third kappa shape index (κ3) is 3.80. The summed E-state index contributed by atoms with van der Waals surface area (Å²) in [4.78, 5) is 31.5. The molecule has 0 bridgehead atoms. The maximum atomic E-state index is 13.1. The normalized spacial score (nSPS) is 14.3. The van der Waals surface area contributed by atoms with Gasteiger partial charge in [0.25, 0.3) is 12.3 Å². The molecular formula is C22H19F2N7O. The number of hydrogen-bond acceptors (Lipinski definition) is 6. The van der Waals surface area contributed by atoms with Crippen LogP contribution >= 0.6 is 0 Å². The molecule has 1 aliphatic heterocycles. The van der Waals surface area contributed by atoms with Gasteiger partial charge in [0.15, 0.2) is 11.5 Å². The minimum absolute atomic E-state index is 0.0172. The molecule has 1 aliphatic rings. The largest absolute Gasteiger partial charge is 0.336 e. The van der Waals surface area contributed by atoms with E-state index >= 15 is 0 Å². The fraction of sp³-hybridized carbons (Fsp3) is 0.227. The van der Waals surface area contributed by atoms with Crippen molar-refractivity contribution in [1.29, 1.82) is 0 Å². The van der Waals surface area contributed by atoms with Crippen LogP contribution < -0.4 is 5.32 Å². The standard InChI is InChI=1S/C22H19F2N7O/c23-20(24)17-13-31-18(11-28-19(31)12-27-17)21-26-5-4-16(29-21)14-2-1-3-15(10-14)22(32)30-8-6-25-7-9-30/h1-5,10-13,20,25H,6-9H2. The van der Waals surface area contributed by atoms with E-state index < -0.39 is 6.43 Å². The average molecular weight is 435 g/mol. The number of fused-ring (bicyclic) bond motifs is 1. The number of piperazine rings is 1. The first-order valence-corrected chi connectivity index (χ1v) is 10.1. The molecule has 0 radical (unpaired) electrons. The molecule has 0 saturated carbocycles. The van der Waals surface area contributed by atoms with Crippen molar-refractivity contribution in [3.05, 3.63) is 66.4 Å². The van der Waals surface area contributed by atoms with E-state index in [1.54, 1.807) is 18.3 Å². The van der Waals surface area contributed by atoms with Crippen molar-refractivity contribution >= 4 is 11.6 Å². The number of alkyl halides is 2. The molecule has 0 spiro atoms. The summed E-state index contributed by atoms with van der Waals surface area (Å²) < 4.78 is 27.7. The quantitative estimate of drug-likeness (QED) is 0.530. The van der Waals surface area contributed by atoms with Crippen LogP contribution in [0.15, 0.2) is 55.1 Å². The Morgan fingerprint density at radius 1 is 1.06 bits per heavy atom. The Hall–Kier alpha value is -3.79. The summed E-state index contributed by atoms with van der Waals surface area (Å²) in [7, 11) is 0. The van der Waals surface area contributed by atoms with Gasteiger partial charge >= 0.3 is 0 Å². The lowest BCUT2D eigenvalue weighted by Crippen LogP contribution is -2.46. The zero-order chi connectivity index (χ0) is 22.1. The molecule has 162 valence electrons. The van der Waals surface area contributed by atoms with E-state index in [4.69, 9.17) is 0 Å². The van der Waals surface area contributed by atoms with Gasteiger partial charge in [-0.3, -0.25) is 9.20 Å². The highest BCUT2D eigenvalue weighted by Crippen LogP contribution is 2.24. The minimum atomic E-state index is -2.70. The Kier molecular flexibility index (Phi) is 5.28. The predicted octanol–water partition coefficient (Wildman–Crippen LogP) is 2.84. The second-order valence-corrected chi connectivity index (χ2v) is 7.37. The molecule has 0 atom stereocenters. The zero-order valence-corrected chi connectivity index (χ0v) is 16.9. The van der Waals surface area contributed by atoms with Crippen LogP contribution in [0.4, 0.5) is 8.78 Å². The molecule has 1 aromatic carbocycles. The van der Waals surface area contributed by atoms with E-state index in [-0.39, 0.29) is 11.6 Å². The number of benzene rings is 1. The van der Waals surface area contributed by atoms with Gasteiger partial charge in [0.1, 0.15) is 11.4 Å². The van der Waals surface area contributed by atoms with E-state index in [0.717, 1.165) is 18.7 Å². The van der Waals surface area contributed by atoms with Gasteiger partial charge in [-0.2, -0.15) is 0 Å². The summed E-state index contributed by atoms with van der Waals surface area (Å²) in [5.74, 6) is 0.316. The highest BCUT2D eigenvalue weighted by molar-refractivity contribution is 5.95. The lowest BCUT2D eigenvalue weighted by Gasteiger charge is -2.27. The van der Waals surface area contributed by atoms with Crippen LogP contribution in [0, 0.1) is 0 Å². The van der Waals surface area contributed by atoms with E-state index in [2.05, 4.69) is 25.3 Å². The van der Waals surface area contributed by atoms with Crippen LogP contribution in [0.5, 0.6) is 0 Å². The van der Waals surface area contributed by atoms with Crippen molar-refractivity contribution < 1.29 is 13.6 Å². The van der Waals surface area contributed by atoms with Crippen LogP contribution in [0.1, 0.15) is 22.5 Å². The third-order valence-electron chi connectivity index (χ3n) is 5.33. The molecule has 0 aliphatic carbocycles. The summed E-state index contributed by atoms with van der Waals surface area (Å²) in [5.41, 5.74) is 2.50. The SMILES string of the molecule is O=C(c1cccc(-c2ccnc(-c3cnc4cnc(C(F)F)cn34)n2)c1)N1CCNCC1. The molecule has 32 heavy (non-hydrogen) atoms. The van der Waals surface area contributed by atoms with Crippen LogP contribution in [0.25, 0.3) is 28.4 Å². The highest BCUT2D eigenvalue weighted by atomic mass is 19.3. The minimum Gasteiger partial charge on any atom is -0.336 e. The molecule has 3 aromatic heterocycles. The van der Waals surface area contributed by atoms with Crippen molar-refractivity contribution in [2.75, 3.05) is 26.2 Å². The number of nitrogens with one attached hydrogen (secondary N) is 1. The zero-order valence-electron chi connectivity index (χ0n) is 16.9. The van der Waals surface area contributed by atoms with Crippen molar-refractivity contribution in [2.45, 2.75) is 6.43 Å². The van der Waals surface area contributed by atoms with E-state index in [9.17, 15) is 13.6 Å². The highest BCUT2D eigenvalue weighted by Gasteiger charge is 2.19. The Morgan fingerprint density at radius 2 is 1.91 bits per heavy atom. The van der Waals surface area contributed by atoms with Gasteiger partial charge < -0.3 is 10.2 Å². The Labute approximate surface area is 182 Å². The van der Waals surface area contributed by atoms with Gasteiger partial charge in [-0.05, 0) is 18.2 Å². The molecule has 4 heterocycles. The van der Waals surface area contributed by atoms with Crippen molar-refractivity contribution in [1.82, 2.24) is 34.6 Å². The van der Waals surface area contributed by atoms with Crippen molar-refractivity contribution in [2.24, 2.45) is 0 Å². The van der Waals surface area contributed by atoms with Crippen LogP contribution in [0.2, 0.25) is 0 Å². The maximum absolute atomic E-state index is 13.1. The fourth-order valence-corrected chi connectivity index (χ4v) is 3.69. The average Bonchev–Trinajstić information content (AvgIpc) is 3.27. The van der Waals surface area contributed by atoms with Gasteiger partial charge in [-0.1, -0.05) is 12.1 Å². The molecule has 0 unspecified atom stereocenters. The summed E-state index contributed by atoms with van der Waals surface area (Å²) >= 11 is 0. The lowest BCUT2D eigenvalue weighted by molar-refractivity contribution is 0.0736. The monoisotopic (exact) mass is 435 g/mol. The topological polar surface area (TPSA) is 88.3 Å². The molecule has 8 nitrogen and oxygen atoms in total. The van der Waals surface area contributed by atoms with Crippen molar-refractivity contribution in [3.63, 3.8) is 0 Å². The van der Waals surface area contributed by atoms with Gasteiger partial charge in [-0.25, -0.2) is 28.7 Å². The van der Waals surface area contributed by atoms with E-state index in [0.29, 0.717) is 41.5 Å². The van der Waals surface area contributed by atoms with Crippen molar-refractivity contribution in [3.8, 4) is 22.8 Å². The molecule has 10 heteroatoms. The number of aromatic nitrogens is 5. The maximum Gasteiger partial charge on any atom is 0.281 e. The number of rotatable bonds is 4. The Bertz CT molecular complexity index is 1280. The third-order valence-corrected chi connectivity index (χ3v) is 5.33. The summed E-state index contributed by atoms with van der Waals surface area (Å²) in [6.07, 6.45) is 2.95. The number of halogens is 2. The van der Waals surface area contributed by atoms with Crippen LogP contribution in [-0.4, -0.2) is 61.3 Å². The number of carbonyl (C=O) groups is 1. The van der Waals surface area contributed by atoms with Gasteiger partial charge in [-0.15, -0.1) is 0 Å². The first-order chi connectivity index (χ1) is 15.6. The predicted molar refractivity (Wildman–Crippen MR) is 113 cm³/mol. The van der Waals surface area contributed by atoms with E-state index in [1.165, 1.54) is 23.0 Å². The molecule has 1 fully saturated rings. The van der Waals surface area contributed by atoms with Crippen LogP contribution in [-0.2, 0) is 0 Å². The molecule has 1 amide bonds. The number of hydrogen-bond donors (Lipinski definition) is 1. The van der Waals surface area contributed by atoms with Gasteiger partial charge in [0, 0.05) is 49.7 Å². The number of imidazole rings is 1. The molecule has 4 aromatic rings.